The first-order valence-corrected chi connectivity index (χ1v) is 9.18. The molecule has 4 rings (SSSR count). The first kappa shape index (κ1) is 19.6. The molecule has 0 aliphatic heterocycles. The summed E-state index contributed by atoms with van der Waals surface area (Å²) in [6.07, 6.45) is 7.04. The number of fused-ring (bicyclic) bond motifs is 1. The number of aryl methyl sites for hydroxylation is 1. The highest BCUT2D eigenvalue weighted by atomic mass is 16.5. The van der Waals surface area contributed by atoms with E-state index in [1.165, 1.54) is 11.4 Å². The molecule has 0 amide bonds. The maximum atomic E-state index is 12.0. The maximum absolute atomic E-state index is 12.0. The SMILES string of the molecule is O=C(O)C(=O)O.O=C(c1ccc(OCC2CCc3nc[nH]c3C2)cc1)C1CC1. The third-order valence-corrected chi connectivity index (χ3v) is 4.85. The number of hydrogen-bond acceptors (Lipinski definition) is 5. The number of aromatic amines is 1. The van der Waals surface area contributed by atoms with Crippen molar-refractivity contribution in [2.45, 2.75) is 32.1 Å². The third-order valence-electron chi connectivity index (χ3n) is 4.85. The Labute approximate surface area is 161 Å². The number of hydrogen-bond donors (Lipinski definition) is 3. The van der Waals surface area contributed by atoms with Crippen molar-refractivity contribution in [2.75, 3.05) is 6.61 Å². The standard InChI is InChI=1S/C18H20N2O2.C2H2O4/c21-18(13-2-3-13)14-4-6-15(7-5-14)22-10-12-1-8-16-17(9-12)20-11-19-16;3-1(4)2(5)6/h4-7,11-13H,1-3,8-10H2,(H,19,20);(H,3,4)(H,5,6). The molecule has 3 N–H and O–H groups in total. The number of carbonyl (C=O) groups excluding carboxylic acids is 1. The van der Waals surface area contributed by atoms with Crippen LogP contribution >= 0.6 is 0 Å². The van der Waals surface area contributed by atoms with Gasteiger partial charge in [0, 0.05) is 17.2 Å². The number of aromatic nitrogens is 2. The van der Waals surface area contributed by atoms with Gasteiger partial charge in [-0.2, -0.15) is 0 Å². The molecule has 0 saturated heterocycles. The summed E-state index contributed by atoms with van der Waals surface area (Å²) in [5.41, 5.74) is 3.28. The second kappa shape index (κ2) is 8.69. The zero-order valence-corrected chi connectivity index (χ0v) is 15.3. The second-order valence-corrected chi connectivity index (χ2v) is 7.02. The van der Waals surface area contributed by atoms with E-state index in [1.807, 2.05) is 24.3 Å². The summed E-state index contributed by atoms with van der Waals surface area (Å²) in [6.45, 7) is 0.717. The van der Waals surface area contributed by atoms with E-state index in [1.54, 1.807) is 6.33 Å². The number of nitrogens with one attached hydrogen (secondary N) is 1. The normalized spacial score (nSPS) is 17.6. The smallest absolute Gasteiger partial charge is 0.414 e. The summed E-state index contributed by atoms with van der Waals surface area (Å²) in [6, 6.07) is 7.62. The average Bonchev–Trinajstić information content (AvgIpc) is 3.44. The van der Waals surface area contributed by atoms with Crippen molar-refractivity contribution >= 4 is 17.7 Å². The van der Waals surface area contributed by atoms with E-state index >= 15 is 0 Å². The van der Waals surface area contributed by atoms with Gasteiger partial charge in [-0.25, -0.2) is 14.6 Å². The number of H-pyrrole nitrogens is 1. The molecule has 2 aliphatic rings. The minimum Gasteiger partial charge on any atom is -0.493 e. The minimum absolute atomic E-state index is 0.276. The molecule has 1 aromatic carbocycles. The Kier molecular flexibility index (Phi) is 6.08. The Balaban J connectivity index is 0.000000330. The van der Waals surface area contributed by atoms with Crippen LogP contribution in [-0.4, -0.2) is 44.5 Å². The van der Waals surface area contributed by atoms with Crippen LogP contribution in [0.3, 0.4) is 0 Å². The largest absolute Gasteiger partial charge is 0.493 e. The number of carbonyl (C=O) groups is 3. The molecule has 0 bridgehead atoms. The molecule has 8 heteroatoms. The zero-order valence-electron chi connectivity index (χ0n) is 15.3. The molecule has 0 radical (unpaired) electrons. The van der Waals surface area contributed by atoms with Crippen LogP contribution < -0.4 is 4.74 Å². The molecular formula is C20H22N2O6. The number of ether oxygens (including phenoxy) is 1. The van der Waals surface area contributed by atoms with E-state index in [2.05, 4.69) is 9.97 Å². The third kappa shape index (κ3) is 5.18. The Hall–Kier alpha value is -3.16. The van der Waals surface area contributed by atoms with Crippen molar-refractivity contribution in [1.29, 1.82) is 0 Å². The summed E-state index contributed by atoms with van der Waals surface area (Å²) in [5, 5.41) is 14.8. The van der Waals surface area contributed by atoms with Crippen LogP contribution in [0.15, 0.2) is 30.6 Å². The fourth-order valence-corrected chi connectivity index (χ4v) is 3.13. The van der Waals surface area contributed by atoms with Crippen LogP contribution in [0.1, 0.15) is 41.0 Å². The second-order valence-electron chi connectivity index (χ2n) is 7.02. The van der Waals surface area contributed by atoms with Gasteiger partial charge in [-0.05, 0) is 62.3 Å². The molecule has 8 nitrogen and oxygen atoms in total. The Morgan fingerprint density at radius 2 is 1.75 bits per heavy atom. The van der Waals surface area contributed by atoms with Gasteiger partial charge in [0.05, 0.1) is 18.6 Å². The monoisotopic (exact) mass is 386 g/mol. The lowest BCUT2D eigenvalue weighted by Crippen LogP contribution is -2.20. The summed E-state index contributed by atoms with van der Waals surface area (Å²) in [4.78, 5) is 37.7. The lowest BCUT2D eigenvalue weighted by Gasteiger charge is -2.21. The number of Topliss-reactive ketones (excluding diaryl/α,β-unsaturated/α-hetero) is 1. The van der Waals surface area contributed by atoms with Gasteiger partial charge in [0.15, 0.2) is 5.78 Å². The molecule has 2 aromatic rings. The first-order chi connectivity index (χ1) is 13.4. The lowest BCUT2D eigenvalue weighted by molar-refractivity contribution is -0.159. The number of aliphatic carboxylic acids is 2. The maximum Gasteiger partial charge on any atom is 0.414 e. The average molecular weight is 386 g/mol. The molecule has 28 heavy (non-hydrogen) atoms. The van der Waals surface area contributed by atoms with Crippen molar-refractivity contribution < 1.29 is 29.3 Å². The molecule has 1 atom stereocenters. The van der Waals surface area contributed by atoms with E-state index < -0.39 is 11.9 Å². The number of rotatable bonds is 5. The van der Waals surface area contributed by atoms with E-state index in [4.69, 9.17) is 24.5 Å². The molecule has 1 saturated carbocycles. The van der Waals surface area contributed by atoms with Crippen LogP contribution in [0.25, 0.3) is 0 Å². The quantitative estimate of drug-likeness (QED) is 0.531. The Morgan fingerprint density at radius 3 is 2.36 bits per heavy atom. The van der Waals surface area contributed by atoms with Gasteiger partial charge in [0.2, 0.25) is 0 Å². The predicted molar refractivity (Wildman–Crippen MR) is 98.4 cm³/mol. The first-order valence-electron chi connectivity index (χ1n) is 9.18. The Morgan fingerprint density at radius 1 is 1.07 bits per heavy atom. The molecule has 148 valence electrons. The molecule has 2 aliphatic carbocycles. The van der Waals surface area contributed by atoms with Gasteiger partial charge in [-0.15, -0.1) is 0 Å². The van der Waals surface area contributed by atoms with Crippen LogP contribution in [0.2, 0.25) is 0 Å². The fourth-order valence-electron chi connectivity index (χ4n) is 3.13. The van der Waals surface area contributed by atoms with Crippen LogP contribution in [-0.2, 0) is 22.4 Å². The molecule has 0 spiro atoms. The Bertz CT molecular complexity index is 842. The topological polar surface area (TPSA) is 130 Å². The van der Waals surface area contributed by atoms with E-state index in [9.17, 15) is 4.79 Å². The highest BCUT2D eigenvalue weighted by molar-refractivity contribution is 6.27. The van der Waals surface area contributed by atoms with Crippen LogP contribution in [0.5, 0.6) is 5.75 Å². The zero-order chi connectivity index (χ0) is 20.1. The highest BCUT2D eigenvalue weighted by Crippen LogP contribution is 2.33. The lowest BCUT2D eigenvalue weighted by atomic mass is 9.90. The molecular weight excluding hydrogens is 364 g/mol. The number of imidazole rings is 1. The van der Waals surface area contributed by atoms with Crippen molar-refractivity contribution in [1.82, 2.24) is 9.97 Å². The summed E-state index contributed by atoms with van der Waals surface area (Å²) >= 11 is 0. The van der Waals surface area contributed by atoms with Crippen molar-refractivity contribution in [3.05, 3.63) is 47.5 Å². The van der Waals surface area contributed by atoms with E-state index in [0.717, 1.165) is 43.4 Å². The number of carboxylic acid groups (broad SMARTS) is 2. The minimum atomic E-state index is -1.82. The summed E-state index contributed by atoms with van der Waals surface area (Å²) in [5.74, 6) is -1.71. The van der Waals surface area contributed by atoms with Crippen molar-refractivity contribution in [2.24, 2.45) is 11.8 Å². The summed E-state index contributed by atoms with van der Waals surface area (Å²) < 4.78 is 5.90. The molecule has 1 aromatic heterocycles. The van der Waals surface area contributed by atoms with Gasteiger partial charge in [0.25, 0.3) is 0 Å². The molecule has 1 heterocycles. The number of benzene rings is 1. The van der Waals surface area contributed by atoms with Gasteiger partial charge in [-0.3, -0.25) is 4.79 Å². The van der Waals surface area contributed by atoms with Gasteiger partial charge < -0.3 is 19.9 Å². The number of ketones is 1. The fraction of sp³-hybridized carbons (Fsp3) is 0.400. The summed E-state index contributed by atoms with van der Waals surface area (Å²) in [7, 11) is 0. The van der Waals surface area contributed by atoms with Crippen molar-refractivity contribution in [3.63, 3.8) is 0 Å². The van der Waals surface area contributed by atoms with Crippen LogP contribution in [0, 0.1) is 11.8 Å². The number of nitrogens with zero attached hydrogens (tertiary/aromatic N) is 1. The highest BCUT2D eigenvalue weighted by Gasteiger charge is 2.30. The number of carboxylic acids is 2. The van der Waals surface area contributed by atoms with Crippen molar-refractivity contribution in [3.8, 4) is 5.75 Å². The van der Waals surface area contributed by atoms with E-state index in [0.29, 0.717) is 12.5 Å². The van der Waals surface area contributed by atoms with Crippen LogP contribution in [0.4, 0.5) is 0 Å². The van der Waals surface area contributed by atoms with Gasteiger partial charge >= 0.3 is 11.9 Å². The molecule has 1 unspecified atom stereocenters. The van der Waals surface area contributed by atoms with Gasteiger partial charge in [-0.1, -0.05) is 0 Å². The predicted octanol–water partition coefficient (Wildman–Crippen LogP) is 2.34. The van der Waals surface area contributed by atoms with E-state index in [-0.39, 0.29) is 11.7 Å². The molecule has 1 fully saturated rings. The van der Waals surface area contributed by atoms with Gasteiger partial charge in [0.1, 0.15) is 5.75 Å².